The Balaban J connectivity index is 1.45. The van der Waals surface area contributed by atoms with Crippen LogP contribution in [-0.2, 0) is 6.18 Å². The number of carbonyl (C=O) groups is 1. The van der Waals surface area contributed by atoms with Crippen LogP contribution in [0.3, 0.4) is 0 Å². The van der Waals surface area contributed by atoms with Crippen molar-refractivity contribution in [1.82, 2.24) is 4.90 Å². The fraction of sp³-hybridized carbons (Fsp3) is 0.227. The largest absolute Gasteiger partial charge is 0.451 e. The number of alkyl halides is 3. The minimum atomic E-state index is -4.68. The second-order valence-electron chi connectivity index (χ2n) is 7.41. The number of carbonyl (C=O) groups excluding carboxylic acids is 1. The van der Waals surface area contributed by atoms with Gasteiger partial charge in [-0.15, -0.1) is 0 Å². The van der Waals surface area contributed by atoms with Crippen molar-refractivity contribution in [3.05, 3.63) is 81.1 Å². The van der Waals surface area contributed by atoms with E-state index >= 15 is 0 Å². The van der Waals surface area contributed by atoms with Crippen molar-refractivity contribution in [3.63, 3.8) is 0 Å². The predicted molar refractivity (Wildman–Crippen MR) is 115 cm³/mol. The van der Waals surface area contributed by atoms with Crippen LogP contribution in [0.25, 0.3) is 11.3 Å². The molecule has 0 atom stereocenters. The first-order chi connectivity index (χ1) is 15.6. The molecule has 1 fully saturated rings. The molecule has 0 saturated carbocycles. The van der Waals surface area contributed by atoms with Crippen LogP contribution < -0.4 is 4.90 Å². The van der Waals surface area contributed by atoms with Crippen molar-refractivity contribution in [3.8, 4) is 11.3 Å². The van der Waals surface area contributed by atoms with E-state index in [2.05, 4.69) is 0 Å². The van der Waals surface area contributed by atoms with Gasteiger partial charge in [-0.3, -0.25) is 14.9 Å². The third-order valence-electron chi connectivity index (χ3n) is 5.35. The molecule has 1 aliphatic rings. The molecule has 33 heavy (non-hydrogen) atoms. The first-order valence-corrected chi connectivity index (χ1v) is 10.3. The van der Waals surface area contributed by atoms with E-state index in [1.165, 1.54) is 4.90 Å². The van der Waals surface area contributed by atoms with Crippen LogP contribution in [0.2, 0.25) is 5.02 Å². The van der Waals surface area contributed by atoms with Gasteiger partial charge in [-0.05, 0) is 48.5 Å². The topological polar surface area (TPSA) is 79.8 Å². The number of hydrogen-bond donors (Lipinski definition) is 0. The summed E-state index contributed by atoms with van der Waals surface area (Å²) >= 11 is 5.88. The monoisotopic (exact) mass is 479 g/mol. The van der Waals surface area contributed by atoms with Crippen molar-refractivity contribution in [2.24, 2.45) is 0 Å². The average Bonchev–Trinajstić information content (AvgIpc) is 3.28. The molecule has 4 rings (SSSR count). The van der Waals surface area contributed by atoms with E-state index in [0.29, 0.717) is 16.8 Å². The highest BCUT2D eigenvalue weighted by Crippen LogP contribution is 2.37. The number of furan rings is 1. The van der Waals surface area contributed by atoms with E-state index in [1.54, 1.807) is 41.3 Å². The van der Waals surface area contributed by atoms with E-state index in [1.807, 2.05) is 0 Å². The van der Waals surface area contributed by atoms with Gasteiger partial charge in [0.25, 0.3) is 11.6 Å². The maximum Gasteiger partial charge on any atom is 0.416 e. The van der Waals surface area contributed by atoms with Crippen LogP contribution >= 0.6 is 11.6 Å². The third-order valence-corrected chi connectivity index (χ3v) is 5.60. The third kappa shape index (κ3) is 4.80. The molecule has 0 radical (unpaired) electrons. The van der Waals surface area contributed by atoms with Gasteiger partial charge in [0.2, 0.25) is 0 Å². The molecule has 7 nitrogen and oxygen atoms in total. The molecule has 1 aliphatic heterocycles. The molecular weight excluding hydrogens is 463 g/mol. The van der Waals surface area contributed by atoms with Gasteiger partial charge in [-0.25, -0.2) is 0 Å². The molecule has 0 bridgehead atoms. The van der Waals surface area contributed by atoms with Crippen molar-refractivity contribution >= 4 is 28.9 Å². The molecule has 0 N–H and O–H groups in total. The van der Waals surface area contributed by atoms with Crippen LogP contribution in [0, 0.1) is 10.1 Å². The van der Waals surface area contributed by atoms with E-state index in [0.717, 1.165) is 17.7 Å². The lowest BCUT2D eigenvalue weighted by molar-refractivity contribution is -0.384. The minimum Gasteiger partial charge on any atom is -0.451 e. The Labute approximate surface area is 191 Å². The Kier molecular flexibility index (Phi) is 6.03. The van der Waals surface area contributed by atoms with E-state index in [-0.39, 0.29) is 43.5 Å². The number of piperazine rings is 1. The van der Waals surface area contributed by atoms with Crippen molar-refractivity contribution in [2.75, 3.05) is 31.1 Å². The molecule has 3 aromatic rings. The van der Waals surface area contributed by atoms with Crippen molar-refractivity contribution < 1.29 is 27.3 Å². The van der Waals surface area contributed by atoms with Gasteiger partial charge < -0.3 is 14.2 Å². The normalized spacial score (nSPS) is 14.4. The number of hydrogen-bond acceptors (Lipinski definition) is 5. The van der Waals surface area contributed by atoms with Crippen LogP contribution in [0.1, 0.15) is 16.1 Å². The van der Waals surface area contributed by atoms with Crippen LogP contribution in [0.5, 0.6) is 0 Å². The van der Waals surface area contributed by atoms with Crippen molar-refractivity contribution in [2.45, 2.75) is 6.18 Å². The lowest BCUT2D eigenvalue weighted by Gasteiger charge is -2.35. The van der Waals surface area contributed by atoms with Gasteiger partial charge >= 0.3 is 6.18 Å². The van der Waals surface area contributed by atoms with Gasteiger partial charge in [0, 0.05) is 42.8 Å². The van der Waals surface area contributed by atoms with Gasteiger partial charge in [-0.1, -0.05) is 11.6 Å². The van der Waals surface area contributed by atoms with Gasteiger partial charge in [0.05, 0.1) is 10.5 Å². The minimum absolute atomic E-state index is 0.0862. The second kappa shape index (κ2) is 8.78. The smallest absolute Gasteiger partial charge is 0.416 e. The fourth-order valence-electron chi connectivity index (χ4n) is 3.64. The SMILES string of the molecule is O=C(c1ccc(-c2ccc(Cl)cc2)o1)N1CCN(c2ccc(C(F)(F)F)cc2[N+](=O)[O-])CC1. The summed E-state index contributed by atoms with van der Waals surface area (Å²) in [4.78, 5) is 26.5. The molecular formula is C22H17ClF3N3O4. The summed E-state index contributed by atoms with van der Waals surface area (Å²) in [5.74, 6) is 0.319. The van der Waals surface area contributed by atoms with Gasteiger partial charge in [-0.2, -0.15) is 13.2 Å². The Hall–Kier alpha value is -3.53. The highest BCUT2D eigenvalue weighted by atomic mass is 35.5. The first kappa shape index (κ1) is 22.7. The van der Waals surface area contributed by atoms with Gasteiger partial charge in [0.15, 0.2) is 5.76 Å². The van der Waals surface area contributed by atoms with Crippen LogP contribution in [0.15, 0.2) is 59.0 Å². The lowest BCUT2D eigenvalue weighted by Crippen LogP contribution is -2.48. The molecule has 0 unspecified atom stereocenters. The quantitative estimate of drug-likeness (QED) is 0.365. The predicted octanol–water partition coefficient (Wildman–Crippen LogP) is 5.49. The zero-order valence-electron chi connectivity index (χ0n) is 17.0. The summed E-state index contributed by atoms with van der Waals surface area (Å²) < 4.78 is 44.5. The molecule has 2 aromatic carbocycles. The lowest BCUT2D eigenvalue weighted by atomic mass is 10.1. The van der Waals surface area contributed by atoms with Crippen LogP contribution in [-0.4, -0.2) is 41.9 Å². The molecule has 0 spiro atoms. The zero-order chi connectivity index (χ0) is 23.8. The summed E-state index contributed by atoms with van der Waals surface area (Å²) in [6, 6.07) is 12.7. The van der Waals surface area contributed by atoms with E-state index in [4.69, 9.17) is 16.0 Å². The number of anilines is 1. The molecule has 1 saturated heterocycles. The summed E-state index contributed by atoms with van der Waals surface area (Å²) in [6.07, 6.45) is -4.68. The maximum atomic E-state index is 12.9. The van der Waals surface area contributed by atoms with Crippen molar-refractivity contribution in [1.29, 1.82) is 0 Å². The summed E-state index contributed by atoms with van der Waals surface area (Å²) in [7, 11) is 0. The number of nitro groups is 1. The van der Waals surface area contributed by atoms with E-state index in [9.17, 15) is 28.1 Å². The number of rotatable bonds is 4. The Morgan fingerprint density at radius 1 is 1.00 bits per heavy atom. The Morgan fingerprint density at radius 2 is 1.67 bits per heavy atom. The number of nitrogens with zero attached hydrogens (tertiary/aromatic N) is 3. The number of benzene rings is 2. The highest BCUT2D eigenvalue weighted by Gasteiger charge is 2.34. The molecule has 1 amide bonds. The average molecular weight is 480 g/mol. The molecule has 0 aliphatic carbocycles. The Morgan fingerprint density at radius 3 is 2.27 bits per heavy atom. The van der Waals surface area contributed by atoms with Crippen LogP contribution in [0.4, 0.5) is 24.5 Å². The molecule has 172 valence electrons. The fourth-order valence-corrected chi connectivity index (χ4v) is 3.77. The number of halogens is 4. The summed E-state index contributed by atoms with van der Waals surface area (Å²) in [5, 5.41) is 11.9. The molecule has 1 aromatic heterocycles. The molecule has 2 heterocycles. The van der Waals surface area contributed by atoms with E-state index < -0.39 is 22.4 Å². The molecule has 11 heteroatoms. The Bertz CT molecular complexity index is 1190. The standard InChI is InChI=1S/C22H17ClF3N3O4/c23-16-4-1-14(2-5-16)19-7-8-20(33-19)21(30)28-11-9-27(10-12-28)17-6-3-15(22(24,25)26)13-18(17)29(31)32/h1-8,13H,9-12H2. The highest BCUT2D eigenvalue weighted by molar-refractivity contribution is 6.30. The maximum absolute atomic E-state index is 12.9. The number of amides is 1. The number of nitro benzene ring substituents is 1. The van der Waals surface area contributed by atoms with Gasteiger partial charge in [0.1, 0.15) is 11.4 Å². The summed E-state index contributed by atoms with van der Waals surface area (Å²) in [5.41, 5.74) is -0.856. The second-order valence-corrected chi connectivity index (χ2v) is 7.84. The first-order valence-electron chi connectivity index (χ1n) is 9.89. The zero-order valence-corrected chi connectivity index (χ0v) is 17.8. The summed E-state index contributed by atoms with van der Waals surface area (Å²) in [6.45, 7) is 0.910.